The molecule has 94 valence electrons. The summed E-state index contributed by atoms with van der Waals surface area (Å²) in [5.74, 6) is -1.40. The number of carbonyl (C=O) groups excluding carboxylic acids is 1. The van der Waals surface area contributed by atoms with Gasteiger partial charge in [0.15, 0.2) is 11.3 Å². The van der Waals surface area contributed by atoms with Crippen molar-refractivity contribution in [2.45, 2.75) is 13.5 Å². The van der Waals surface area contributed by atoms with E-state index in [0.29, 0.717) is 10.9 Å². The zero-order valence-corrected chi connectivity index (χ0v) is 9.47. The minimum atomic E-state index is -0.703. The Labute approximate surface area is 101 Å². The van der Waals surface area contributed by atoms with Crippen LogP contribution in [0.3, 0.4) is 0 Å². The molecular weight excluding hydrogens is 240 g/mol. The first kappa shape index (κ1) is 12.0. The predicted octanol–water partition coefficient (Wildman–Crippen LogP) is 1.27. The summed E-state index contributed by atoms with van der Waals surface area (Å²) < 4.78 is 9.61. The van der Waals surface area contributed by atoms with E-state index in [1.165, 1.54) is 25.1 Å². The molecule has 0 atom stereocenters. The molecule has 0 radical (unpaired) electrons. The van der Waals surface area contributed by atoms with Crippen LogP contribution in [0.4, 0.5) is 0 Å². The second kappa shape index (κ2) is 4.40. The standard InChI is InChI=1S/C12H10O6/c1-6(13)17-5-7-4-10(15)18-12-8(7)2-3-9(14)11(12)16/h2-4,14,16H,5H2,1H3. The third kappa shape index (κ3) is 2.13. The monoisotopic (exact) mass is 250 g/mol. The van der Waals surface area contributed by atoms with E-state index in [-0.39, 0.29) is 12.2 Å². The molecule has 0 aliphatic rings. The second-order valence-electron chi connectivity index (χ2n) is 3.68. The van der Waals surface area contributed by atoms with Crippen LogP contribution in [-0.4, -0.2) is 16.2 Å². The Bertz CT molecular complexity index is 670. The zero-order valence-electron chi connectivity index (χ0n) is 9.47. The molecule has 0 bridgehead atoms. The maximum Gasteiger partial charge on any atom is 0.336 e. The van der Waals surface area contributed by atoms with E-state index in [1.807, 2.05) is 0 Å². The van der Waals surface area contributed by atoms with Gasteiger partial charge in [-0.1, -0.05) is 0 Å². The summed E-state index contributed by atoms with van der Waals surface area (Å²) in [6, 6.07) is 3.89. The summed E-state index contributed by atoms with van der Waals surface area (Å²) in [4.78, 5) is 22.1. The van der Waals surface area contributed by atoms with Crippen LogP contribution >= 0.6 is 0 Å². The van der Waals surface area contributed by atoms with Crippen LogP contribution < -0.4 is 5.63 Å². The molecule has 0 aliphatic carbocycles. The highest BCUT2D eigenvalue weighted by Gasteiger charge is 2.13. The van der Waals surface area contributed by atoms with Gasteiger partial charge in [0.1, 0.15) is 6.61 Å². The molecule has 0 spiro atoms. The van der Waals surface area contributed by atoms with Crippen LogP contribution in [0.5, 0.6) is 11.5 Å². The number of ether oxygens (including phenoxy) is 1. The van der Waals surface area contributed by atoms with Crippen LogP contribution in [0, 0.1) is 0 Å². The smallest absolute Gasteiger partial charge is 0.336 e. The molecule has 2 rings (SSSR count). The quantitative estimate of drug-likeness (QED) is 0.473. The lowest BCUT2D eigenvalue weighted by Crippen LogP contribution is -2.04. The van der Waals surface area contributed by atoms with Gasteiger partial charge in [-0.25, -0.2) is 4.79 Å². The Morgan fingerprint density at radius 3 is 2.78 bits per heavy atom. The minimum absolute atomic E-state index is 0.109. The first-order chi connectivity index (χ1) is 8.49. The van der Waals surface area contributed by atoms with E-state index in [0.717, 1.165) is 0 Å². The lowest BCUT2D eigenvalue weighted by atomic mass is 10.1. The fourth-order valence-electron chi connectivity index (χ4n) is 1.57. The number of carbonyl (C=O) groups is 1. The van der Waals surface area contributed by atoms with Crippen molar-refractivity contribution < 1.29 is 24.2 Å². The Morgan fingerprint density at radius 2 is 2.11 bits per heavy atom. The summed E-state index contributed by atoms with van der Waals surface area (Å²) in [6.45, 7) is 1.14. The van der Waals surface area contributed by atoms with Gasteiger partial charge in [0.25, 0.3) is 0 Å². The molecule has 18 heavy (non-hydrogen) atoms. The van der Waals surface area contributed by atoms with E-state index >= 15 is 0 Å². The molecule has 0 saturated heterocycles. The van der Waals surface area contributed by atoms with Gasteiger partial charge in [-0.3, -0.25) is 4.79 Å². The minimum Gasteiger partial charge on any atom is -0.504 e. The largest absolute Gasteiger partial charge is 0.504 e. The molecule has 6 nitrogen and oxygen atoms in total. The van der Waals surface area contributed by atoms with E-state index in [4.69, 9.17) is 9.15 Å². The van der Waals surface area contributed by atoms with E-state index in [9.17, 15) is 19.8 Å². The Hall–Kier alpha value is -2.50. The number of aromatic hydroxyl groups is 2. The normalized spacial score (nSPS) is 10.5. The average molecular weight is 250 g/mol. The summed E-state index contributed by atoms with van der Waals surface area (Å²) in [5, 5.41) is 19.3. The number of phenolic OH excluding ortho intramolecular Hbond substituents is 2. The van der Waals surface area contributed by atoms with Gasteiger partial charge >= 0.3 is 11.6 Å². The Morgan fingerprint density at radius 1 is 1.39 bits per heavy atom. The molecule has 1 aromatic heterocycles. The first-order valence-corrected chi connectivity index (χ1v) is 5.10. The van der Waals surface area contributed by atoms with Crippen molar-refractivity contribution in [2.24, 2.45) is 0 Å². The number of benzene rings is 1. The summed E-state index contributed by atoms with van der Waals surface area (Å²) in [5.41, 5.74) is -0.443. The van der Waals surface area contributed by atoms with Crippen LogP contribution in [-0.2, 0) is 16.1 Å². The lowest BCUT2D eigenvalue weighted by molar-refractivity contribution is -0.142. The van der Waals surface area contributed by atoms with E-state index in [2.05, 4.69) is 0 Å². The van der Waals surface area contributed by atoms with Crippen LogP contribution in [0.25, 0.3) is 11.0 Å². The van der Waals surface area contributed by atoms with E-state index < -0.39 is 23.1 Å². The second-order valence-corrected chi connectivity index (χ2v) is 3.68. The van der Waals surface area contributed by atoms with Gasteiger partial charge in [-0.15, -0.1) is 0 Å². The molecule has 0 unspecified atom stereocenters. The Balaban J connectivity index is 2.63. The fourth-order valence-corrected chi connectivity index (χ4v) is 1.57. The highest BCUT2D eigenvalue weighted by molar-refractivity contribution is 5.87. The SMILES string of the molecule is CC(=O)OCc1cc(=O)oc2c(O)c(O)ccc12. The van der Waals surface area contributed by atoms with Gasteiger partial charge in [0.2, 0.25) is 5.75 Å². The number of hydrogen-bond donors (Lipinski definition) is 2. The number of hydrogen-bond acceptors (Lipinski definition) is 6. The summed E-state index contributed by atoms with van der Waals surface area (Å²) >= 11 is 0. The molecule has 2 aromatic rings. The number of rotatable bonds is 2. The maximum absolute atomic E-state index is 11.3. The summed E-state index contributed by atoms with van der Waals surface area (Å²) in [7, 11) is 0. The number of esters is 1. The van der Waals surface area contributed by atoms with Crippen molar-refractivity contribution in [3.63, 3.8) is 0 Å². The van der Waals surface area contributed by atoms with Gasteiger partial charge in [0, 0.05) is 23.9 Å². The van der Waals surface area contributed by atoms with Crippen molar-refractivity contribution in [1.29, 1.82) is 0 Å². The number of phenols is 2. The fraction of sp³-hybridized carbons (Fsp3) is 0.167. The molecule has 6 heteroatoms. The Kier molecular flexibility index (Phi) is 2.93. The topological polar surface area (TPSA) is 97.0 Å². The molecule has 0 aliphatic heterocycles. The van der Waals surface area contributed by atoms with Gasteiger partial charge in [-0.2, -0.15) is 0 Å². The van der Waals surface area contributed by atoms with Gasteiger partial charge in [0.05, 0.1) is 0 Å². The summed E-state index contributed by atoms with van der Waals surface area (Å²) in [6.07, 6.45) is 0. The van der Waals surface area contributed by atoms with Crippen LogP contribution in [0.2, 0.25) is 0 Å². The van der Waals surface area contributed by atoms with Gasteiger partial charge in [-0.05, 0) is 12.1 Å². The predicted molar refractivity (Wildman–Crippen MR) is 61.3 cm³/mol. The average Bonchev–Trinajstić information content (AvgIpc) is 2.31. The first-order valence-electron chi connectivity index (χ1n) is 5.10. The molecule has 0 saturated carbocycles. The van der Waals surface area contributed by atoms with Crippen LogP contribution in [0.15, 0.2) is 27.4 Å². The highest BCUT2D eigenvalue weighted by atomic mass is 16.5. The van der Waals surface area contributed by atoms with Crippen molar-refractivity contribution in [3.05, 3.63) is 34.2 Å². The third-order valence-electron chi connectivity index (χ3n) is 2.38. The highest BCUT2D eigenvalue weighted by Crippen LogP contribution is 2.34. The molecule has 0 fully saturated rings. The van der Waals surface area contributed by atoms with E-state index in [1.54, 1.807) is 0 Å². The number of fused-ring (bicyclic) bond motifs is 1. The van der Waals surface area contributed by atoms with Crippen molar-refractivity contribution in [2.75, 3.05) is 0 Å². The van der Waals surface area contributed by atoms with Crippen molar-refractivity contribution >= 4 is 16.9 Å². The van der Waals surface area contributed by atoms with Crippen molar-refractivity contribution in [1.82, 2.24) is 0 Å². The molecular formula is C12H10O6. The van der Waals surface area contributed by atoms with Gasteiger partial charge < -0.3 is 19.4 Å². The molecule has 1 aromatic carbocycles. The third-order valence-corrected chi connectivity index (χ3v) is 2.38. The van der Waals surface area contributed by atoms with Crippen LogP contribution in [0.1, 0.15) is 12.5 Å². The molecule has 0 amide bonds. The maximum atomic E-state index is 11.3. The molecule has 2 N–H and O–H groups in total. The lowest BCUT2D eigenvalue weighted by Gasteiger charge is -2.07. The van der Waals surface area contributed by atoms with Crippen molar-refractivity contribution in [3.8, 4) is 11.5 Å². The molecule has 1 heterocycles. The zero-order chi connectivity index (χ0) is 13.3.